The minimum absolute atomic E-state index is 0.0288. The molecule has 3 heterocycles. The maximum absolute atomic E-state index is 13.4. The molecule has 3 aromatic rings. The summed E-state index contributed by atoms with van der Waals surface area (Å²) in [5, 5.41) is -0.512. The number of rotatable bonds is 4. The molecule has 0 bridgehead atoms. The van der Waals surface area contributed by atoms with Crippen LogP contribution in [-0.2, 0) is 29.7 Å². The van der Waals surface area contributed by atoms with Crippen LogP contribution in [0.3, 0.4) is 0 Å². The van der Waals surface area contributed by atoms with Crippen LogP contribution in [0.15, 0.2) is 67.0 Å². The highest BCUT2D eigenvalue weighted by molar-refractivity contribution is 7.89. The Kier molecular flexibility index (Phi) is 5.80. The summed E-state index contributed by atoms with van der Waals surface area (Å²) in [7, 11) is -3.48. The minimum atomic E-state index is -3.48. The average Bonchev–Trinajstić information content (AvgIpc) is 3.30. The van der Waals surface area contributed by atoms with Crippen LogP contribution in [0, 0.1) is 0 Å². The number of hydrogen-bond donors (Lipinski definition) is 0. The Morgan fingerprint density at radius 1 is 1.03 bits per heavy atom. The van der Waals surface area contributed by atoms with Crippen molar-refractivity contribution in [3.63, 3.8) is 0 Å². The molecule has 1 fully saturated rings. The quantitative estimate of drug-likeness (QED) is 0.591. The van der Waals surface area contributed by atoms with E-state index in [9.17, 15) is 13.2 Å². The van der Waals surface area contributed by atoms with Crippen molar-refractivity contribution in [2.24, 2.45) is 0 Å². The zero-order valence-corrected chi connectivity index (χ0v) is 19.5. The normalized spacial score (nSPS) is 22.6. The molecule has 0 saturated carbocycles. The highest BCUT2D eigenvalue weighted by Gasteiger charge is 2.40. The predicted octanol–water partition coefficient (Wildman–Crippen LogP) is 3.59. The van der Waals surface area contributed by atoms with Gasteiger partial charge in [0, 0.05) is 43.6 Å². The van der Waals surface area contributed by atoms with E-state index in [1.165, 1.54) is 0 Å². The maximum atomic E-state index is 13.4. The molecular formula is C25H28N4O3S. The van der Waals surface area contributed by atoms with E-state index in [4.69, 9.17) is 0 Å². The monoisotopic (exact) mass is 464 g/mol. The van der Waals surface area contributed by atoms with Gasteiger partial charge in [0.15, 0.2) is 0 Å². The summed E-state index contributed by atoms with van der Waals surface area (Å²) < 4.78 is 30.6. The van der Waals surface area contributed by atoms with E-state index in [1.807, 2.05) is 55.6 Å². The fourth-order valence-corrected chi connectivity index (χ4v) is 7.01. The van der Waals surface area contributed by atoms with E-state index in [0.717, 1.165) is 29.9 Å². The second-order valence-corrected chi connectivity index (χ2v) is 10.9. The summed E-state index contributed by atoms with van der Waals surface area (Å²) in [5.74, 6) is 0.863. The second-order valence-electron chi connectivity index (χ2n) is 8.88. The first-order valence-corrected chi connectivity index (χ1v) is 12.9. The van der Waals surface area contributed by atoms with Gasteiger partial charge >= 0.3 is 0 Å². The molecule has 8 heteroatoms. The van der Waals surface area contributed by atoms with E-state index in [1.54, 1.807) is 27.5 Å². The maximum Gasteiger partial charge on any atom is 0.254 e. The summed E-state index contributed by atoms with van der Waals surface area (Å²) in [4.78, 5) is 19.1. The molecule has 1 unspecified atom stereocenters. The average molecular weight is 465 g/mol. The standard InChI is InChI=1S/C25H28N4O3S/c1-19-7-12-23(21-5-3-2-4-6-21)33(31,32)29(19)17-20-8-10-22(11-9-20)25(30)28-16-15-27-14-13-26-24(27)18-28/h2-6,8-11,13-14,19,23H,7,12,15-18H2,1H3/t19-,23?/m0/s1. The number of imidazole rings is 1. The van der Waals surface area contributed by atoms with E-state index in [2.05, 4.69) is 9.55 Å². The van der Waals surface area contributed by atoms with Crippen LogP contribution >= 0.6 is 0 Å². The Balaban J connectivity index is 1.31. The molecule has 2 aliphatic heterocycles. The molecular weight excluding hydrogens is 436 g/mol. The number of amides is 1. The van der Waals surface area contributed by atoms with Crippen LogP contribution in [-0.4, -0.2) is 45.7 Å². The number of sulfonamides is 1. The third-order valence-corrected chi connectivity index (χ3v) is 9.14. The van der Waals surface area contributed by atoms with E-state index in [-0.39, 0.29) is 11.9 Å². The SMILES string of the molecule is C[C@H]1CCC(c2ccccc2)S(=O)(=O)N1Cc1ccc(C(=O)N2CCn3ccnc3C2)cc1. The zero-order chi connectivity index (χ0) is 23.0. The van der Waals surface area contributed by atoms with Gasteiger partial charge in [-0.1, -0.05) is 42.5 Å². The highest BCUT2D eigenvalue weighted by Crippen LogP contribution is 2.38. The third-order valence-electron chi connectivity index (χ3n) is 6.77. The van der Waals surface area contributed by atoms with Crippen molar-refractivity contribution in [2.45, 2.75) is 50.7 Å². The van der Waals surface area contributed by atoms with Gasteiger partial charge in [0.05, 0.1) is 6.54 Å². The van der Waals surface area contributed by atoms with Gasteiger partial charge in [0.25, 0.3) is 5.91 Å². The Morgan fingerprint density at radius 3 is 2.55 bits per heavy atom. The van der Waals surface area contributed by atoms with Crippen molar-refractivity contribution in [1.29, 1.82) is 0 Å². The Morgan fingerprint density at radius 2 is 1.79 bits per heavy atom. The molecule has 2 aromatic carbocycles. The van der Waals surface area contributed by atoms with E-state index < -0.39 is 15.3 Å². The van der Waals surface area contributed by atoms with Crippen LogP contribution in [0.2, 0.25) is 0 Å². The molecule has 2 atom stereocenters. The van der Waals surface area contributed by atoms with E-state index in [0.29, 0.717) is 31.6 Å². The lowest BCUT2D eigenvalue weighted by Crippen LogP contribution is -2.44. The van der Waals surface area contributed by atoms with E-state index >= 15 is 0 Å². The Labute approximate surface area is 194 Å². The first kappa shape index (κ1) is 21.9. The summed E-state index contributed by atoms with van der Waals surface area (Å²) in [5.41, 5.74) is 2.33. The molecule has 7 nitrogen and oxygen atoms in total. The first-order chi connectivity index (χ1) is 15.9. The van der Waals surface area contributed by atoms with Gasteiger partial charge in [-0.05, 0) is 43.0 Å². The summed E-state index contributed by atoms with van der Waals surface area (Å²) in [6.07, 6.45) is 5.14. The van der Waals surface area contributed by atoms with Crippen molar-refractivity contribution in [3.05, 3.63) is 89.5 Å². The molecule has 0 radical (unpaired) electrons. The molecule has 1 amide bonds. The molecule has 172 valence electrons. The van der Waals surface area contributed by atoms with Crippen LogP contribution in [0.1, 0.15) is 52.3 Å². The molecule has 33 heavy (non-hydrogen) atoms. The molecule has 0 aliphatic carbocycles. The number of carbonyl (C=O) groups excluding carboxylic acids is 1. The molecule has 2 aliphatic rings. The van der Waals surface area contributed by atoms with Crippen LogP contribution < -0.4 is 0 Å². The second kappa shape index (κ2) is 8.76. The number of hydrogen-bond acceptors (Lipinski definition) is 4. The number of nitrogens with zero attached hydrogens (tertiary/aromatic N) is 4. The molecule has 1 saturated heterocycles. The smallest absolute Gasteiger partial charge is 0.254 e. The molecule has 5 rings (SSSR count). The molecule has 0 spiro atoms. The first-order valence-electron chi connectivity index (χ1n) is 11.4. The van der Waals surface area contributed by atoms with Crippen molar-refractivity contribution in [2.75, 3.05) is 6.54 Å². The lowest BCUT2D eigenvalue weighted by atomic mass is 10.0. The van der Waals surface area contributed by atoms with Gasteiger partial charge in [-0.2, -0.15) is 4.31 Å². The van der Waals surface area contributed by atoms with Crippen LogP contribution in [0.25, 0.3) is 0 Å². The molecule has 0 N–H and O–H groups in total. The largest absolute Gasteiger partial charge is 0.332 e. The van der Waals surface area contributed by atoms with Gasteiger partial charge in [-0.3, -0.25) is 4.79 Å². The number of fused-ring (bicyclic) bond motifs is 1. The lowest BCUT2D eigenvalue weighted by molar-refractivity contribution is 0.0707. The van der Waals surface area contributed by atoms with Gasteiger partial charge in [-0.15, -0.1) is 0 Å². The minimum Gasteiger partial charge on any atom is -0.332 e. The number of benzene rings is 2. The highest BCUT2D eigenvalue weighted by atomic mass is 32.2. The van der Waals surface area contributed by atoms with Crippen molar-refractivity contribution < 1.29 is 13.2 Å². The fourth-order valence-electron chi connectivity index (χ4n) is 4.81. The summed E-state index contributed by atoms with van der Waals surface area (Å²) >= 11 is 0. The van der Waals surface area contributed by atoms with Gasteiger partial charge < -0.3 is 9.47 Å². The third kappa shape index (κ3) is 4.20. The fraction of sp³-hybridized carbons (Fsp3) is 0.360. The summed E-state index contributed by atoms with van der Waals surface area (Å²) in [6.45, 7) is 4.16. The summed E-state index contributed by atoms with van der Waals surface area (Å²) in [6, 6.07) is 16.7. The predicted molar refractivity (Wildman–Crippen MR) is 126 cm³/mol. The molecule has 1 aromatic heterocycles. The Hall–Kier alpha value is -2.97. The number of aromatic nitrogens is 2. The van der Waals surface area contributed by atoms with Gasteiger partial charge in [0.1, 0.15) is 11.1 Å². The number of carbonyl (C=O) groups is 1. The van der Waals surface area contributed by atoms with Gasteiger partial charge in [0.2, 0.25) is 10.0 Å². The van der Waals surface area contributed by atoms with Crippen LogP contribution in [0.5, 0.6) is 0 Å². The lowest BCUT2D eigenvalue weighted by Gasteiger charge is -2.37. The van der Waals surface area contributed by atoms with Crippen molar-refractivity contribution in [1.82, 2.24) is 18.8 Å². The zero-order valence-electron chi connectivity index (χ0n) is 18.7. The van der Waals surface area contributed by atoms with Crippen LogP contribution in [0.4, 0.5) is 0 Å². The van der Waals surface area contributed by atoms with Crippen molar-refractivity contribution in [3.8, 4) is 0 Å². The topological polar surface area (TPSA) is 75.5 Å². The van der Waals surface area contributed by atoms with Crippen molar-refractivity contribution >= 4 is 15.9 Å². The van der Waals surface area contributed by atoms with Gasteiger partial charge in [-0.25, -0.2) is 13.4 Å². The Bertz CT molecular complexity index is 1240.